The van der Waals surface area contributed by atoms with Gasteiger partial charge in [0.2, 0.25) is 0 Å². The second-order valence-corrected chi connectivity index (χ2v) is 7.20. The predicted molar refractivity (Wildman–Crippen MR) is 118 cm³/mol. The molecular weight excluding hydrogens is 396 g/mol. The molecule has 3 amide bonds. The van der Waals surface area contributed by atoms with E-state index in [4.69, 9.17) is 9.47 Å². The molecule has 0 bridgehead atoms. The lowest BCUT2D eigenvalue weighted by atomic mass is 9.98. The fourth-order valence-corrected chi connectivity index (χ4v) is 3.44. The van der Waals surface area contributed by atoms with Crippen LogP contribution in [0.5, 0.6) is 11.5 Å². The fourth-order valence-electron chi connectivity index (χ4n) is 3.44. The number of nitrogens with zero attached hydrogens (tertiary/aromatic N) is 3. The number of methoxy groups -OCH3 is 2. The Labute approximate surface area is 182 Å². The molecule has 0 aliphatic carbocycles. The zero-order valence-corrected chi connectivity index (χ0v) is 18.3. The number of benzene rings is 2. The first-order valence-corrected chi connectivity index (χ1v) is 10.1. The molecule has 1 aliphatic heterocycles. The normalized spacial score (nSPS) is 15.3. The van der Waals surface area contributed by atoms with Gasteiger partial charge in [0.25, 0.3) is 5.91 Å². The van der Waals surface area contributed by atoms with Crippen LogP contribution in [0.25, 0.3) is 0 Å². The Morgan fingerprint density at radius 3 is 2.48 bits per heavy atom. The van der Waals surface area contributed by atoms with Crippen LogP contribution in [0.15, 0.2) is 53.6 Å². The summed E-state index contributed by atoms with van der Waals surface area (Å²) in [6.07, 6.45) is 0.552. The maximum absolute atomic E-state index is 13.1. The van der Waals surface area contributed by atoms with E-state index in [1.807, 2.05) is 55.5 Å². The van der Waals surface area contributed by atoms with Gasteiger partial charge in [0.1, 0.15) is 18.0 Å². The molecule has 3 rings (SSSR count). The molecule has 0 aromatic heterocycles. The van der Waals surface area contributed by atoms with Gasteiger partial charge in [-0.15, -0.1) is 0 Å². The van der Waals surface area contributed by atoms with E-state index in [0.29, 0.717) is 13.0 Å². The van der Waals surface area contributed by atoms with Crippen LogP contribution in [-0.4, -0.2) is 61.9 Å². The summed E-state index contributed by atoms with van der Waals surface area (Å²) in [5, 5.41) is 8.82. The molecule has 1 N–H and O–H groups in total. The van der Waals surface area contributed by atoms with E-state index < -0.39 is 0 Å². The molecule has 31 heavy (non-hydrogen) atoms. The van der Waals surface area contributed by atoms with E-state index >= 15 is 0 Å². The minimum absolute atomic E-state index is 0.0760. The predicted octanol–water partition coefficient (Wildman–Crippen LogP) is 3.04. The van der Waals surface area contributed by atoms with Crippen molar-refractivity contribution < 1.29 is 19.1 Å². The van der Waals surface area contributed by atoms with Gasteiger partial charge in [-0.3, -0.25) is 4.79 Å². The minimum Gasteiger partial charge on any atom is -0.497 e. The molecule has 1 heterocycles. The van der Waals surface area contributed by atoms with E-state index in [2.05, 4.69) is 10.4 Å². The Morgan fingerprint density at radius 1 is 1.13 bits per heavy atom. The quantitative estimate of drug-likeness (QED) is 0.741. The van der Waals surface area contributed by atoms with Crippen molar-refractivity contribution in [2.75, 3.05) is 34.4 Å². The van der Waals surface area contributed by atoms with Crippen molar-refractivity contribution in [3.8, 4) is 11.5 Å². The lowest BCUT2D eigenvalue weighted by Gasteiger charge is -2.25. The van der Waals surface area contributed by atoms with Crippen LogP contribution < -0.4 is 14.8 Å². The van der Waals surface area contributed by atoms with Gasteiger partial charge < -0.3 is 19.7 Å². The summed E-state index contributed by atoms with van der Waals surface area (Å²) in [5.41, 5.74) is 2.62. The number of amides is 3. The van der Waals surface area contributed by atoms with Gasteiger partial charge in [-0.2, -0.15) is 5.10 Å². The van der Waals surface area contributed by atoms with Crippen LogP contribution in [0.3, 0.4) is 0 Å². The molecule has 164 valence electrons. The lowest BCUT2D eigenvalue weighted by Crippen LogP contribution is -2.43. The van der Waals surface area contributed by atoms with Crippen molar-refractivity contribution in [3.05, 3.63) is 59.7 Å². The summed E-state index contributed by atoms with van der Waals surface area (Å²) >= 11 is 0. The number of ether oxygens (including phenoxy) is 2. The van der Waals surface area contributed by atoms with Crippen molar-refractivity contribution in [3.63, 3.8) is 0 Å². The average molecular weight is 425 g/mol. The highest BCUT2D eigenvalue weighted by Gasteiger charge is 2.34. The highest BCUT2D eigenvalue weighted by Crippen LogP contribution is 2.34. The second-order valence-electron chi connectivity index (χ2n) is 7.20. The molecule has 0 fully saturated rings. The maximum atomic E-state index is 13.1. The number of hydrogen-bond acceptors (Lipinski definition) is 5. The number of rotatable bonds is 7. The monoisotopic (exact) mass is 424 g/mol. The molecule has 2 aromatic rings. The molecule has 1 aliphatic rings. The molecule has 1 unspecified atom stereocenters. The molecule has 0 saturated heterocycles. The lowest BCUT2D eigenvalue weighted by molar-refractivity contribution is -0.133. The third kappa shape index (κ3) is 5.14. The Morgan fingerprint density at radius 2 is 1.84 bits per heavy atom. The molecular formula is C23H28N4O4. The number of urea groups is 1. The summed E-state index contributed by atoms with van der Waals surface area (Å²) in [7, 11) is 4.82. The Balaban J connectivity index is 1.89. The van der Waals surface area contributed by atoms with E-state index in [0.717, 1.165) is 28.3 Å². The zero-order valence-electron chi connectivity index (χ0n) is 18.3. The zero-order chi connectivity index (χ0) is 22.4. The summed E-state index contributed by atoms with van der Waals surface area (Å²) in [5.74, 6) is 1.21. The highest BCUT2D eigenvalue weighted by molar-refractivity contribution is 6.03. The highest BCUT2D eigenvalue weighted by atomic mass is 16.5. The van der Waals surface area contributed by atoms with Crippen LogP contribution in [0.2, 0.25) is 0 Å². The van der Waals surface area contributed by atoms with Crippen molar-refractivity contribution in [2.24, 2.45) is 5.10 Å². The van der Waals surface area contributed by atoms with Gasteiger partial charge in [-0.1, -0.05) is 24.3 Å². The van der Waals surface area contributed by atoms with Crippen LogP contribution in [-0.2, 0) is 4.79 Å². The Bertz CT molecular complexity index is 958. The third-order valence-electron chi connectivity index (χ3n) is 5.12. The largest absolute Gasteiger partial charge is 0.497 e. The van der Waals surface area contributed by atoms with E-state index in [1.54, 1.807) is 21.3 Å². The topological polar surface area (TPSA) is 83.5 Å². The van der Waals surface area contributed by atoms with Crippen LogP contribution in [0.1, 0.15) is 30.5 Å². The molecule has 8 heteroatoms. The van der Waals surface area contributed by atoms with Crippen molar-refractivity contribution >= 4 is 17.6 Å². The van der Waals surface area contributed by atoms with Crippen molar-refractivity contribution in [2.45, 2.75) is 19.4 Å². The number of carbonyl (C=O) groups is 2. The first-order chi connectivity index (χ1) is 15.0. The van der Waals surface area contributed by atoms with Gasteiger partial charge in [-0.05, 0) is 36.8 Å². The summed E-state index contributed by atoms with van der Waals surface area (Å²) < 4.78 is 10.6. The minimum atomic E-state index is -0.298. The van der Waals surface area contributed by atoms with Gasteiger partial charge >= 0.3 is 6.03 Å². The van der Waals surface area contributed by atoms with Crippen LogP contribution in [0, 0.1) is 0 Å². The maximum Gasteiger partial charge on any atom is 0.317 e. The van der Waals surface area contributed by atoms with Crippen molar-refractivity contribution in [1.82, 2.24) is 15.2 Å². The van der Waals surface area contributed by atoms with Gasteiger partial charge in [0, 0.05) is 25.6 Å². The van der Waals surface area contributed by atoms with E-state index in [9.17, 15) is 9.59 Å². The molecule has 0 radical (unpaired) electrons. The summed E-state index contributed by atoms with van der Waals surface area (Å²) in [6.45, 7) is 2.25. The summed E-state index contributed by atoms with van der Waals surface area (Å²) in [4.78, 5) is 26.5. The summed E-state index contributed by atoms with van der Waals surface area (Å²) in [6, 6.07) is 14.6. The van der Waals surface area contributed by atoms with Crippen LogP contribution in [0.4, 0.5) is 4.79 Å². The second kappa shape index (κ2) is 9.97. The Kier molecular flexibility index (Phi) is 7.12. The number of likely N-dealkylation sites (N-methyl/N-ethyl adjacent to an activating group) is 1. The first kappa shape index (κ1) is 22.1. The van der Waals surface area contributed by atoms with E-state index in [1.165, 1.54) is 9.91 Å². The number of carbonyl (C=O) groups excluding carboxylic acids is 2. The molecule has 8 nitrogen and oxygen atoms in total. The number of hydrogen-bond donors (Lipinski definition) is 1. The molecule has 1 atom stereocenters. The Hall–Kier alpha value is -3.55. The number of hydrazone groups is 1. The number of nitrogens with one attached hydrogen (secondary N) is 1. The van der Waals surface area contributed by atoms with Crippen molar-refractivity contribution in [1.29, 1.82) is 0 Å². The van der Waals surface area contributed by atoms with Gasteiger partial charge in [-0.25, -0.2) is 9.80 Å². The standard InChI is InChI=1S/C23H28N4O4/c1-5-24-23(29)26(2)15-22(28)27-21(16-9-11-18(30-3)12-10-16)14-20(25-27)17-7-6-8-19(13-17)31-4/h6-13,21H,5,14-15H2,1-4H3,(H,24,29). The average Bonchev–Trinajstić information content (AvgIpc) is 3.25. The molecule has 0 spiro atoms. The van der Waals surface area contributed by atoms with E-state index in [-0.39, 0.29) is 24.5 Å². The van der Waals surface area contributed by atoms with Gasteiger partial charge in [0.15, 0.2) is 0 Å². The molecule has 0 saturated carbocycles. The van der Waals surface area contributed by atoms with Crippen LogP contribution >= 0.6 is 0 Å². The first-order valence-electron chi connectivity index (χ1n) is 10.1. The third-order valence-corrected chi connectivity index (χ3v) is 5.12. The SMILES string of the molecule is CCNC(=O)N(C)CC(=O)N1N=C(c2cccc(OC)c2)CC1c1ccc(OC)cc1. The molecule has 2 aromatic carbocycles. The smallest absolute Gasteiger partial charge is 0.317 e. The van der Waals surface area contributed by atoms with Gasteiger partial charge in [0.05, 0.1) is 26.0 Å². The fraction of sp³-hybridized carbons (Fsp3) is 0.348.